The maximum Gasteiger partial charge on any atom is 0.267 e. The zero-order chi connectivity index (χ0) is 7.68. The molecule has 2 N–H and O–H groups in total. The minimum atomic E-state index is -0.0700. The lowest BCUT2D eigenvalue weighted by molar-refractivity contribution is 0.0940. The largest absolute Gasteiger partial charge is 0.277 e. The van der Waals surface area contributed by atoms with E-state index in [-0.39, 0.29) is 5.91 Å². The van der Waals surface area contributed by atoms with E-state index in [1.165, 1.54) is 11.9 Å². The molecular formula is C7H6N2OS. The first-order valence-corrected chi connectivity index (χ1v) is 4.01. The van der Waals surface area contributed by atoms with Crippen molar-refractivity contribution in [1.29, 1.82) is 0 Å². The van der Waals surface area contributed by atoms with Crippen LogP contribution in [0.1, 0.15) is 10.4 Å². The molecule has 0 aromatic heterocycles. The Hall–Kier alpha value is -1.00. The fourth-order valence-electron chi connectivity index (χ4n) is 0.937. The number of hydrazine groups is 1. The molecular weight excluding hydrogens is 160 g/mol. The molecule has 1 heterocycles. The monoisotopic (exact) mass is 166 g/mol. The summed E-state index contributed by atoms with van der Waals surface area (Å²) in [6, 6.07) is 7.47. The molecule has 1 aromatic rings. The van der Waals surface area contributed by atoms with Crippen molar-refractivity contribution >= 4 is 17.9 Å². The van der Waals surface area contributed by atoms with E-state index in [9.17, 15) is 4.79 Å². The summed E-state index contributed by atoms with van der Waals surface area (Å²) in [5.41, 5.74) is 3.24. The molecule has 0 spiro atoms. The van der Waals surface area contributed by atoms with E-state index in [0.29, 0.717) is 0 Å². The second kappa shape index (κ2) is 2.56. The van der Waals surface area contributed by atoms with Crippen LogP contribution in [0.3, 0.4) is 0 Å². The molecule has 56 valence electrons. The van der Waals surface area contributed by atoms with E-state index >= 15 is 0 Å². The quantitative estimate of drug-likeness (QED) is 0.563. The van der Waals surface area contributed by atoms with Crippen LogP contribution in [0.5, 0.6) is 0 Å². The van der Waals surface area contributed by atoms with E-state index < -0.39 is 0 Å². The minimum Gasteiger partial charge on any atom is -0.277 e. The summed E-state index contributed by atoms with van der Waals surface area (Å²) >= 11 is 1.41. The summed E-state index contributed by atoms with van der Waals surface area (Å²) < 4.78 is 0. The Morgan fingerprint density at radius 3 is 2.91 bits per heavy atom. The van der Waals surface area contributed by atoms with Gasteiger partial charge in [0, 0.05) is 4.90 Å². The van der Waals surface area contributed by atoms with Crippen LogP contribution in [0.2, 0.25) is 0 Å². The average molecular weight is 166 g/mol. The molecule has 1 aromatic carbocycles. The maximum absolute atomic E-state index is 11.1. The molecule has 3 nitrogen and oxygen atoms in total. The second-order valence-corrected chi connectivity index (χ2v) is 3.00. The van der Waals surface area contributed by atoms with Crippen molar-refractivity contribution in [2.45, 2.75) is 4.90 Å². The highest BCUT2D eigenvalue weighted by molar-refractivity contribution is 7.97. The SMILES string of the molecule is O=C1NNSc2ccccc21. The molecule has 0 unspecified atom stereocenters. The highest BCUT2D eigenvalue weighted by Gasteiger charge is 2.14. The van der Waals surface area contributed by atoms with Crippen LogP contribution in [-0.2, 0) is 0 Å². The van der Waals surface area contributed by atoms with Gasteiger partial charge in [0.2, 0.25) is 0 Å². The molecule has 0 atom stereocenters. The molecule has 0 radical (unpaired) electrons. The zero-order valence-electron chi connectivity index (χ0n) is 5.63. The van der Waals surface area contributed by atoms with Gasteiger partial charge in [-0.3, -0.25) is 10.2 Å². The van der Waals surface area contributed by atoms with Crippen LogP contribution in [0.15, 0.2) is 29.2 Å². The highest BCUT2D eigenvalue weighted by Crippen LogP contribution is 2.21. The highest BCUT2D eigenvalue weighted by atomic mass is 32.2. The zero-order valence-corrected chi connectivity index (χ0v) is 6.44. The molecule has 0 saturated heterocycles. The number of rotatable bonds is 0. The van der Waals surface area contributed by atoms with Crippen LogP contribution in [-0.4, -0.2) is 5.91 Å². The molecule has 1 aliphatic heterocycles. The van der Waals surface area contributed by atoms with Gasteiger partial charge in [0.1, 0.15) is 0 Å². The number of hydrogen-bond acceptors (Lipinski definition) is 3. The standard InChI is InChI=1S/C7H6N2OS/c10-7-5-3-1-2-4-6(5)11-9-8-7/h1-4,9H,(H,8,10). The predicted octanol–water partition coefficient (Wildman–Crippen LogP) is 0.942. The van der Waals surface area contributed by atoms with Crippen molar-refractivity contribution in [3.63, 3.8) is 0 Å². The van der Waals surface area contributed by atoms with Crippen molar-refractivity contribution in [1.82, 2.24) is 10.3 Å². The van der Waals surface area contributed by atoms with Crippen molar-refractivity contribution < 1.29 is 4.79 Å². The van der Waals surface area contributed by atoms with Crippen molar-refractivity contribution in [2.75, 3.05) is 0 Å². The summed E-state index contributed by atoms with van der Waals surface area (Å²) in [7, 11) is 0. The lowest BCUT2D eigenvalue weighted by Gasteiger charge is -2.15. The van der Waals surface area contributed by atoms with Crippen molar-refractivity contribution in [2.24, 2.45) is 0 Å². The summed E-state index contributed by atoms with van der Waals surface area (Å²) in [5.74, 6) is -0.0700. The number of fused-ring (bicyclic) bond motifs is 1. The Labute approximate surface area is 68.3 Å². The van der Waals surface area contributed by atoms with Crippen LogP contribution in [0, 0.1) is 0 Å². The topological polar surface area (TPSA) is 41.1 Å². The Balaban J connectivity index is 2.52. The van der Waals surface area contributed by atoms with Gasteiger partial charge in [-0.15, -0.1) is 0 Å². The van der Waals surface area contributed by atoms with Gasteiger partial charge in [-0.1, -0.05) is 12.1 Å². The van der Waals surface area contributed by atoms with E-state index in [0.717, 1.165) is 10.5 Å². The lowest BCUT2D eigenvalue weighted by Crippen LogP contribution is -2.36. The molecule has 0 fully saturated rings. The first kappa shape index (κ1) is 6.69. The summed E-state index contributed by atoms with van der Waals surface area (Å²) in [4.78, 5) is 14.8. The number of carbonyl (C=O) groups excluding carboxylic acids is 1. The number of benzene rings is 1. The van der Waals surface area contributed by atoms with Crippen molar-refractivity contribution in [3.8, 4) is 0 Å². The molecule has 0 bridgehead atoms. The minimum absolute atomic E-state index is 0.0700. The van der Waals surface area contributed by atoms with Gasteiger partial charge in [0.05, 0.1) is 5.56 Å². The summed E-state index contributed by atoms with van der Waals surface area (Å²) in [6.07, 6.45) is 0. The molecule has 1 aliphatic rings. The Kier molecular flexibility index (Phi) is 1.56. The third-order valence-corrected chi connectivity index (χ3v) is 2.24. The summed E-state index contributed by atoms with van der Waals surface area (Å²) in [6.45, 7) is 0. The number of nitrogens with one attached hydrogen (secondary N) is 2. The van der Waals surface area contributed by atoms with Crippen LogP contribution in [0.4, 0.5) is 0 Å². The fraction of sp³-hybridized carbons (Fsp3) is 0. The van der Waals surface area contributed by atoms with E-state index in [1.807, 2.05) is 18.2 Å². The van der Waals surface area contributed by atoms with E-state index in [1.54, 1.807) is 6.07 Å². The van der Waals surface area contributed by atoms with Crippen LogP contribution in [0.25, 0.3) is 0 Å². The molecule has 0 aliphatic carbocycles. The van der Waals surface area contributed by atoms with Gasteiger partial charge in [-0.2, -0.15) is 4.83 Å². The van der Waals surface area contributed by atoms with Gasteiger partial charge >= 0.3 is 0 Å². The molecule has 4 heteroatoms. The van der Waals surface area contributed by atoms with E-state index in [4.69, 9.17) is 0 Å². The van der Waals surface area contributed by atoms with Gasteiger partial charge in [0.15, 0.2) is 0 Å². The average Bonchev–Trinajstić information content (AvgIpc) is 2.06. The summed E-state index contributed by atoms with van der Waals surface area (Å²) in [5, 5.41) is 0. The number of carbonyl (C=O) groups is 1. The third kappa shape index (κ3) is 1.10. The fourth-order valence-corrected chi connectivity index (χ4v) is 1.61. The predicted molar refractivity (Wildman–Crippen MR) is 42.9 cm³/mol. The van der Waals surface area contributed by atoms with Crippen LogP contribution < -0.4 is 10.3 Å². The first-order valence-electron chi connectivity index (χ1n) is 3.19. The van der Waals surface area contributed by atoms with E-state index in [2.05, 4.69) is 10.3 Å². The molecule has 2 rings (SSSR count). The number of hydrogen-bond donors (Lipinski definition) is 2. The maximum atomic E-state index is 11.1. The third-order valence-electron chi connectivity index (χ3n) is 1.46. The Bertz CT molecular complexity index is 300. The Morgan fingerprint density at radius 1 is 1.27 bits per heavy atom. The molecule has 1 amide bonds. The second-order valence-electron chi connectivity index (χ2n) is 2.15. The van der Waals surface area contributed by atoms with Crippen LogP contribution >= 0.6 is 11.9 Å². The lowest BCUT2D eigenvalue weighted by atomic mass is 10.2. The van der Waals surface area contributed by atoms with Crippen molar-refractivity contribution in [3.05, 3.63) is 29.8 Å². The van der Waals surface area contributed by atoms with Gasteiger partial charge in [-0.25, -0.2) is 0 Å². The molecule has 0 saturated carbocycles. The number of amides is 1. The van der Waals surface area contributed by atoms with Gasteiger partial charge in [0.25, 0.3) is 5.91 Å². The van der Waals surface area contributed by atoms with Gasteiger partial charge in [-0.05, 0) is 24.1 Å². The normalized spacial score (nSPS) is 15.5. The Morgan fingerprint density at radius 2 is 2.09 bits per heavy atom. The molecule has 11 heavy (non-hydrogen) atoms. The smallest absolute Gasteiger partial charge is 0.267 e. The van der Waals surface area contributed by atoms with Gasteiger partial charge < -0.3 is 0 Å². The first-order chi connectivity index (χ1) is 5.38.